The zero-order valence-corrected chi connectivity index (χ0v) is 11.2. The van der Waals surface area contributed by atoms with Crippen LogP contribution in [-0.4, -0.2) is 19.9 Å². The van der Waals surface area contributed by atoms with E-state index in [1.54, 1.807) is 0 Å². The van der Waals surface area contributed by atoms with Crippen molar-refractivity contribution < 1.29 is 0 Å². The lowest BCUT2D eigenvalue weighted by Gasteiger charge is -2.01. The van der Waals surface area contributed by atoms with E-state index in [1.807, 2.05) is 25.1 Å². The minimum Gasteiger partial charge on any atom is -0.382 e. The van der Waals surface area contributed by atoms with Gasteiger partial charge < -0.3 is 10.7 Å². The first-order chi connectivity index (χ1) is 8.65. The van der Waals surface area contributed by atoms with E-state index in [0.717, 1.165) is 21.4 Å². The van der Waals surface area contributed by atoms with Crippen molar-refractivity contribution in [3.05, 3.63) is 34.6 Å². The van der Waals surface area contributed by atoms with Crippen LogP contribution in [0.15, 0.2) is 29.0 Å². The molecule has 0 radical (unpaired) electrons. The van der Waals surface area contributed by atoms with Crippen LogP contribution in [-0.2, 0) is 0 Å². The van der Waals surface area contributed by atoms with Crippen LogP contribution in [0, 0.1) is 6.92 Å². The largest absolute Gasteiger partial charge is 0.382 e. The van der Waals surface area contributed by atoms with E-state index in [1.165, 1.54) is 6.33 Å². The summed E-state index contributed by atoms with van der Waals surface area (Å²) in [4.78, 5) is 15.6. The molecule has 0 aliphatic heterocycles. The Hall–Kier alpha value is -1.95. The smallest absolute Gasteiger partial charge is 0.183 e. The highest BCUT2D eigenvalue weighted by Gasteiger charge is 2.11. The molecule has 0 atom stereocenters. The van der Waals surface area contributed by atoms with Gasteiger partial charge in [-0.25, -0.2) is 15.0 Å². The average molecular weight is 304 g/mol. The molecule has 3 aromatic rings. The Bertz CT molecular complexity index is 734. The van der Waals surface area contributed by atoms with Gasteiger partial charge >= 0.3 is 0 Å². The quantitative estimate of drug-likeness (QED) is 0.724. The molecule has 0 unspecified atom stereocenters. The summed E-state index contributed by atoms with van der Waals surface area (Å²) in [5.41, 5.74) is 9.16. The van der Waals surface area contributed by atoms with Crippen LogP contribution < -0.4 is 5.73 Å². The maximum Gasteiger partial charge on any atom is 0.183 e. The van der Waals surface area contributed by atoms with Gasteiger partial charge in [-0.3, -0.25) is 0 Å². The van der Waals surface area contributed by atoms with Crippen molar-refractivity contribution >= 4 is 32.9 Å². The molecule has 1 aromatic carbocycles. The molecule has 0 fully saturated rings. The minimum absolute atomic E-state index is 0.405. The number of nitrogens with zero attached hydrogens (tertiary/aromatic N) is 3. The Morgan fingerprint density at radius 1 is 1.28 bits per heavy atom. The molecule has 90 valence electrons. The Balaban J connectivity index is 2.26. The summed E-state index contributed by atoms with van der Waals surface area (Å²) in [5, 5.41) is 0. The van der Waals surface area contributed by atoms with Gasteiger partial charge in [-0.2, -0.15) is 0 Å². The Morgan fingerprint density at radius 2 is 2.11 bits per heavy atom. The van der Waals surface area contributed by atoms with Crippen molar-refractivity contribution in [1.29, 1.82) is 0 Å². The summed E-state index contributed by atoms with van der Waals surface area (Å²) >= 11 is 3.52. The number of benzene rings is 1. The van der Waals surface area contributed by atoms with Crippen LogP contribution in [0.3, 0.4) is 0 Å². The third kappa shape index (κ3) is 1.74. The number of rotatable bonds is 1. The Kier molecular flexibility index (Phi) is 2.52. The van der Waals surface area contributed by atoms with E-state index in [2.05, 4.69) is 35.9 Å². The fourth-order valence-electron chi connectivity index (χ4n) is 1.79. The molecule has 0 bridgehead atoms. The first kappa shape index (κ1) is 11.2. The lowest BCUT2D eigenvalue weighted by Crippen LogP contribution is -1.91. The SMILES string of the molecule is Cc1ccc(Br)c(-c2nc3ncnc(N)c3[nH]2)c1. The number of H-pyrrole nitrogens is 1. The lowest BCUT2D eigenvalue weighted by molar-refractivity contribution is 1.21. The first-order valence-corrected chi connectivity index (χ1v) is 6.17. The number of aromatic nitrogens is 4. The summed E-state index contributed by atoms with van der Waals surface area (Å²) in [6.45, 7) is 2.03. The van der Waals surface area contributed by atoms with Crippen molar-refractivity contribution in [3.8, 4) is 11.4 Å². The third-order valence-corrected chi connectivity index (χ3v) is 3.39. The van der Waals surface area contributed by atoms with Crippen molar-refractivity contribution in [2.24, 2.45) is 0 Å². The van der Waals surface area contributed by atoms with Crippen molar-refractivity contribution in [2.75, 3.05) is 5.73 Å². The molecule has 0 aliphatic carbocycles. The van der Waals surface area contributed by atoms with E-state index < -0.39 is 0 Å². The number of nitrogens with one attached hydrogen (secondary N) is 1. The zero-order valence-electron chi connectivity index (χ0n) is 9.61. The molecule has 0 amide bonds. The number of nitrogen functional groups attached to an aromatic ring is 1. The van der Waals surface area contributed by atoms with Gasteiger partial charge in [-0.1, -0.05) is 27.6 Å². The number of hydrogen-bond acceptors (Lipinski definition) is 4. The molecule has 3 rings (SSSR count). The van der Waals surface area contributed by atoms with E-state index >= 15 is 0 Å². The van der Waals surface area contributed by atoms with Crippen LogP contribution in [0.5, 0.6) is 0 Å². The fraction of sp³-hybridized carbons (Fsp3) is 0.0833. The predicted molar refractivity (Wildman–Crippen MR) is 74.0 cm³/mol. The van der Waals surface area contributed by atoms with Gasteiger partial charge in [0.2, 0.25) is 0 Å². The highest BCUT2D eigenvalue weighted by Crippen LogP contribution is 2.29. The highest BCUT2D eigenvalue weighted by atomic mass is 79.9. The number of hydrogen-bond donors (Lipinski definition) is 2. The molecule has 2 heterocycles. The van der Waals surface area contributed by atoms with Crippen LogP contribution >= 0.6 is 15.9 Å². The Morgan fingerprint density at radius 3 is 2.89 bits per heavy atom. The molecule has 18 heavy (non-hydrogen) atoms. The van der Waals surface area contributed by atoms with Crippen LogP contribution in [0.1, 0.15) is 5.56 Å². The number of aromatic amines is 1. The van der Waals surface area contributed by atoms with Gasteiger partial charge in [0.25, 0.3) is 0 Å². The van der Waals surface area contributed by atoms with Crippen molar-refractivity contribution in [2.45, 2.75) is 6.92 Å². The van der Waals surface area contributed by atoms with Gasteiger partial charge in [-0.15, -0.1) is 0 Å². The second kappa shape index (κ2) is 4.06. The van der Waals surface area contributed by atoms with E-state index in [0.29, 0.717) is 17.0 Å². The van der Waals surface area contributed by atoms with Gasteiger partial charge in [0, 0.05) is 10.0 Å². The van der Waals surface area contributed by atoms with E-state index in [9.17, 15) is 0 Å². The number of nitrogens with two attached hydrogens (primary N) is 1. The number of imidazole rings is 1. The topological polar surface area (TPSA) is 80.5 Å². The maximum atomic E-state index is 5.78. The molecule has 0 saturated heterocycles. The summed E-state index contributed by atoms with van der Waals surface area (Å²) in [6.07, 6.45) is 1.41. The van der Waals surface area contributed by atoms with Crippen molar-refractivity contribution in [1.82, 2.24) is 19.9 Å². The zero-order chi connectivity index (χ0) is 12.7. The summed E-state index contributed by atoms with van der Waals surface area (Å²) in [7, 11) is 0. The fourth-order valence-corrected chi connectivity index (χ4v) is 2.23. The molecule has 3 N–H and O–H groups in total. The van der Waals surface area contributed by atoms with Gasteiger partial charge in [-0.05, 0) is 19.1 Å². The summed E-state index contributed by atoms with van der Waals surface area (Å²) in [6, 6.07) is 6.07. The van der Waals surface area contributed by atoms with Crippen LogP contribution in [0.25, 0.3) is 22.6 Å². The number of fused-ring (bicyclic) bond motifs is 1. The molecule has 5 nitrogen and oxygen atoms in total. The van der Waals surface area contributed by atoms with Gasteiger partial charge in [0.05, 0.1) is 0 Å². The molecule has 0 saturated carbocycles. The number of halogens is 1. The first-order valence-electron chi connectivity index (χ1n) is 5.38. The average Bonchev–Trinajstić information content (AvgIpc) is 2.77. The normalized spacial score (nSPS) is 11.0. The third-order valence-electron chi connectivity index (χ3n) is 2.69. The number of aryl methyl sites for hydroxylation is 1. The predicted octanol–water partition coefficient (Wildman–Crippen LogP) is 2.67. The monoisotopic (exact) mass is 303 g/mol. The van der Waals surface area contributed by atoms with Gasteiger partial charge in [0.15, 0.2) is 11.5 Å². The van der Waals surface area contributed by atoms with Gasteiger partial charge in [0.1, 0.15) is 17.7 Å². The minimum atomic E-state index is 0.405. The highest BCUT2D eigenvalue weighted by molar-refractivity contribution is 9.10. The second-order valence-electron chi connectivity index (χ2n) is 4.03. The standard InChI is InChI=1S/C12H10BrN5/c1-6-2-3-8(13)7(4-6)11-17-9-10(14)15-5-16-12(9)18-11/h2-5H,1H3,(H3,14,15,16,17,18). The molecule has 0 aliphatic rings. The second-order valence-corrected chi connectivity index (χ2v) is 4.88. The molecule has 0 spiro atoms. The molecule has 2 aromatic heterocycles. The molecule has 6 heteroatoms. The number of anilines is 1. The van der Waals surface area contributed by atoms with E-state index in [4.69, 9.17) is 5.73 Å². The summed E-state index contributed by atoms with van der Waals surface area (Å²) in [5.74, 6) is 1.13. The van der Waals surface area contributed by atoms with Crippen LogP contribution in [0.4, 0.5) is 5.82 Å². The van der Waals surface area contributed by atoms with Crippen LogP contribution in [0.2, 0.25) is 0 Å². The molecular weight excluding hydrogens is 294 g/mol. The van der Waals surface area contributed by atoms with Crippen molar-refractivity contribution in [3.63, 3.8) is 0 Å². The Labute approximate surface area is 112 Å². The lowest BCUT2D eigenvalue weighted by atomic mass is 10.1. The molecular formula is C12H10BrN5. The van der Waals surface area contributed by atoms with E-state index in [-0.39, 0.29) is 0 Å². The maximum absolute atomic E-state index is 5.78. The summed E-state index contributed by atoms with van der Waals surface area (Å²) < 4.78 is 0.971.